The molecule has 4 nitrogen and oxygen atoms in total. The summed E-state index contributed by atoms with van der Waals surface area (Å²) in [6.07, 6.45) is 0.276. The van der Waals surface area contributed by atoms with Crippen LogP contribution in [-0.2, 0) is 19.0 Å². The minimum absolute atomic E-state index is 0.0559. The first-order valence-electron chi connectivity index (χ1n) is 4.69. The van der Waals surface area contributed by atoms with Gasteiger partial charge in [0.25, 0.3) is 0 Å². The fraction of sp³-hybridized carbons (Fsp3) is 0.700. The highest BCUT2D eigenvalue weighted by molar-refractivity contribution is 5.87. The first-order chi connectivity index (χ1) is 6.59. The van der Waals surface area contributed by atoms with Crippen molar-refractivity contribution in [3.8, 4) is 0 Å². The molecule has 0 amide bonds. The summed E-state index contributed by atoms with van der Waals surface area (Å²) in [5.74, 6) is -0.437. The Bertz CT molecular complexity index is 224. The highest BCUT2D eigenvalue weighted by Gasteiger charge is 2.21. The Kier molecular flexibility index (Phi) is 4.10. The maximum Gasteiger partial charge on any atom is 0.335 e. The molecular formula is C10H16O4. The van der Waals surface area contributed by atoms with E-state index in [1.165, 1.54) is 0 Å². The Morgan fingerprint density at radius 1 is 1.57 bits per heavy atom. The van der Waals surface area contributed by atoms with Crippen molar-refractivity contribution in [2.75, 3.05) is 13.2 Å². The SMILES string of the molecule is C=C(C)C(=O)OC1COCCC(C)O1. The molecule has 1 rings (SSSR count). The molecule has 2 atom stereocenters. The van der Waals surface area contributed by atoms with Gasteiger partial charge in [0, 0.05) is 12.2 Å². The van der Waals surface area contributed by atoms with Gasteiger partial charge in [-0.3, -0.25) is 0 Å². The number of hydrogen-bond acceptors (Lipinski definition) is 4. The Balaban J connectivity index is 2.42. The lowest BCUT2D eigenvalue weighted by Gasteiger charge is -2.18. The molecule has 1 heterocycles. The third-order valence-corrected chi connectivity index (χ3v) is 1.89. The fourth-order valence-electron chi connectivity index (χ4n) is 1.08. The second-order valence-electron chi connectivity index (χ2n) is 3.43. The van der Waals surface area contributed by atoms with Crippen LogP contribution in [0.2, 0.25) is 0 Å². The van der Waals surface area contributed by atoms with Crippen molar-refractivity contribution in [3.05, 3.63) is 12.2 Å². The Morgan fingerprint density at radius 2 is 2.29 bits per heavy atom. The molecule has 1 aliphatic rings. The molecular weight excluding hydrogens is 184 g/mol. The average molecular weight is 200 g/mol. The normalized spacial score (nSPS) is 27.9. The van der Waals surface area contributed by atoms with E-state index in [4.69, 9.17) is 14.2 Å². The van der Waals surface area contributed by atoms with Gasteiger partial charge in [-0.25, -0.2) is 4.79 Å². The van der Waals surface area contributed by atoms with Crippen LogP contribution in [0.5, 0.6) is 0 Å². The van der Waals surface area contributed by atoms with Crippen molar-refractivity contribution >= 4 is 5.97 Å². The maximum absolute atomic E-state index is 11.2. The largest absolute Gasteiger partial charge is 0.430 e. The van der Waals surface area contributed by atoms with E-state index in [0.29, 0.717) is 18.8 Å². The zero-order valence-corrected chi connectivity index (χ0v) is 8.62. The van der Waals surface area contributed by atoms with Gasteiger partial charge in [-0.1, -0.05) is 6.58 Å². The molecule has 0 bridgehead atoms. The van der Waals surface area contributed by atoms with Gasteiger partial charge >= 0.3 is 5.97 Å². The third kappa shape index (κ3) is 3.47. The molecule has 0 N–H and O–H groups in total. The van der Waals surface area contributed by atoms with Crippen LogP contribution in [0.25, 0.3) is 0 Å². The van der Waals surface area contributed by atoms with Crippen LogP contribution >= 0.6 is 0 Å². The molecule has 0 spiro atoms. The summed E-state index contributed by atoms with van der Waals surface area (Å²) in [6, 6.07) is 0. The summed E-state index contributed by atoms with van der Waals surface area (Å²) < 4.78 is 15.7. The topological polar surface area (TPSA) is 44.8 Å². The average Bonchev–Trinajstić information content (AvgIpc) is 2.29. The van der Waals surface area contributed by atoms with E-state index in [-0.39, 0.29) is 6.10 Å². The standard InChI is InChI=1S/C10H16O4/c1-7(2)10(11)14-9-6-12-5-4-8(3)13-9/h8-9H,1,4-6H2,2-3H3. The van der Waals surface area contributed by atoms with Crippen molar-refractivity contribution in [2.45, 2.75) is 32.7 Å². The van der Waals surface area contributed by atoms with E-state index >= 15 is 0 Å². The highest BCUT2D eigenvalue weighted by Crippen LogP contribution is 2.11. The summed E-state index contributed by atoms with van der Waals surface area (Å²) in [7, 11) is 0. The molecule has 0 saturated carbocycles. The summed E-state index contributed by atoms with van der Waals surface area (Å²) in [5, 5.41) is 0. The van der Waals surface area contributed by atoms with E-state index in [9.17, 15) is 4.79 Å². The lowest BCUT2D eigenvalue weighted by atomic mass is 10.3. The van der Waals surface area contributed by atoms with Gasteiger partial charge in [0.1, 0.15) is 6.61 Å². The molecule has 1 fully saturated rings. The summed E-state index contributed by atoms with van der Waals surface area (Å²) >= 11 is 0. The molecule has 1 aliphatic heterocycles. The highest BCUT2D eigenvalue weighted by atomic mass is 16.7. The van der Waals surface area contributed by atoms with Crippen LogP contribution in [0, 0.1) is 0 Å². The van der Waals surface area contributed by atoms with Crippen molar-refractivity contribution in [2.24, 2.45) is 0 Å². The van der Waals surface area contributed by atoms with Crippen LogP contribution in [-0.4, -0.2) is 31.6 Å². The minimum atomic E-state index is -0.600. The molecule has 80 valence electrons. The van der Waals surface area contributed by atoms with Crippen LogP contribution in [0.4, 0.5) is 0 Å². The molecule has 0 radical (unpaired) electrons. The first kappa shape index (κ1) is 11.2. The number of rotatable bonds is 2. The zero-order valence-electron chi connectivity index (χ0n) is 8.62. The lowest BCUT2D eigenvalue weighted by Crippen LogP contribution is -2.27. The quantitative estimate of drug-likeness (QED) is 0.497. The van der Waals surface area contributed by atoms with Gasteiger partial charge in [0.2, 0.25) is 6.29 Å². The van der Waals surface area contributed by atoms with E-state index in [0.717, 1.165) is 6.42 Å². The minimum Gasteiger partial charge on any atom is -0.430 e. The van der Waals surface area contributed by atoms with Crippen LogP contribution in [0.3, 0.4) is 0 Å². The molecule has 0 aliphatic carbocycles. The number of ether oxygens (including phenoxy) is 3. The molecule has 0 aromatic rings. The second-order valence-corrected chi connectivity index (χ2v) is 3.43. The molecule has 4 heteroatoms. The zero-order chi connectivity index (χ0) is 10.6. The van der Waals surface area contributed by atoms with E-state index in [1.807, 2.05) is 6.92 Å². The van der Waals surface area contributed by atoms with E-state index < -0.39 is 12.3 Å². The monoisotopic (exact) mass is 200 g/mol. The predicted octanol–water partition coefficient (Wildman–Crippen LogP) is 1.26. The molecule has 0 aromatic carbocycles. The predicted molar refractivity (Wildman–Crippen MR) is 50.7 cm³/mol. The Hall–Kier alpha value is -0.870. The molecule has 2 unspecified atom stereocenters. The lowest BCUT2D eigenvalue weighted by molar-refractivity contribution is -0.187. The van der Waals surface area contributed by atoms with Crippen molar-refractivity contribution in [1.82, 2.24) is 0 Å². The van der Waals surface area contributed by atoms with Crippen molar-refractivity contribution < 1.29 is 19.0 Å². The number of hydrogen-bond donors (Lipinski definition) is 0. The number of carbonyl (C=O) groups excluding carboxylic acids is 1. The fourth-order valence-corrected chi connectivity index (χ4v) is 1.08. The van der Waals surface area contributed by atoms with Gasteiger partial charge in [-0.15, -0.1) is 0 Å². The Labute approximate surface area is 83.8 Å². The number of esters is 1. The first-order valence-corrected chi connectivity index (χ1v) is 4.69. The van der Waals surface area contributed by atoms with Gasteiger partial charge < -0.3 is 14.2 Å². The molecule has 1 saturated heterocycles. The van der Waals surface area contributed by atoms with E-state index in [1.54, 1.807) is 6.92 Å². The third-order valence-electron chi connectivity index (χ3n) is 1.89. The van der Waals surface area contributed by atoms with Gasteiger partial charge in [-0.05, 0) is 20.3 Å². The summed E-state index contributed by atoms with van der Waals surface area (Å²) in [4.78, 5) is 11.2. The van der Waals surface area contributed by atoms with Gasteiger partial charge in [0.05, 0.1) is 6.10 Å². The van der Waals surface area contributed by atoms with Crippen LogP contribution in [0.1, 0.15) is 20.3 Å². The second kappa shape index (κ2) is 5.12. The van der Waals surface area contributed by atoms with Gasteiger partial charge in [-0.2, -0.15) is 0 Å². The van der Waals surface area contributed by atoms with E-state index in [2.05, 4.69) is 6.58 Å². The summed E-state index contributed by atoms with van der Waals surface area (Å²) in [6.45, 7) is 7.96. The Morgan fingerprint density at radius 3 is 2.93 bits per heavy atom. The maximum atomic E-state index is 11.2. The van der Waals surface area contributed by atoms with Crippen molar-refractivity contribution in [3.63, 3.8) is 0 Å². The van der Waals surface area contributed by atoms with Gasteiger partial charge in [0.15, 0.2) is 0 Å². The number of carbonyl (C=O) groups is 1. The molecule has 14 heavy (non-hydrogen) atoms. The summed E-state index contributed by atoms with van der Waals surface area (Å²) in [5.41, 5.74) is 0.366. The smallest absolute Gasteiger partial charge is 0.335 e. The van der Waals surface area contributed by atoms with Crippen LogP contribution in [0.15, 0.2) is 12.2 Å². The van der Waals surface area contributed by atoms with Crippen LogP contribution < -0.4 is 0 Å². The van der Waals surface area contributed by atoms with Crippen molar-refractivity contribution in [1.29, 1.82) is 0 Å². The molecule has 0 aromatic heterocycles.